The minimum Gasteiger partial charge on any atom is -0.450 e. The van der Waals surface area contributed by atoms with Crippen molar-refractivity contribution in [3.05, 3.63) is 0 Å². The van der Waals surface area contributed by atoms with E-state index >= 15 is 0 Å². The van der Waals surface area contributed by atoms with Crippen molar-refractivity contribution in [3.8, 4) is 0 Å². The molecule has 1 atom stereocenters. The number of sulfone groups is 1. The summed E-state index contributed by atoms with van der Waals surface area (Å²) in [4.78, 5) is 27.8. The van der Waals surface area contributed by atoms with Crippen LogP contribution in [0.3, 0.4) is 0 Å². The van der Waals surface area contributed by atoms with Crippen LogP contribution < -0.4 is 0 Å². The second-order valence-corrected chi connectivity index (χ2v) is 8.37. The topological polar surface area (TPSA) is 84.0 Å². The Balaban J connectivity index is 1.91. The molecule has 7 nitrogen and oxygen atoms in total. The summed E-state index contributed by atoms with van der Waals surface area (Å²) in [6.45, 7) is 5.54. The van der Waals surface area contributed by atoms with Crippen LogP contribution in [-0.4, -0.2) is 74.0 Å². The molecule has 2 aliphatic rings. The molecule has 8 heteroatoms. The molecule has 23 heavy (non-hydrogen) atoms. The van der Waals surface area contributed by atoms with Gasteiger partial charge in [-0.2, -0.15) is 0 Å². The Morgan fingerprint density at radius 3 is 2.30 bits per heavy atom. The Morgan fingerprint density at radius 2 is 1.83 bits per heavy atom. The molecule has 0 radical (unpaired) electrons. The van der Waals surface area contributed by atoms with Crippen LogP contribution in [0.15, 0.2) is 0 Å². The van der Waals surface area contributed by atoms with E-state index in [4.69, 9.17) is 4.74 Å². The van der Waals surface area contributed by atoms with Gasteiger partial charge in [-0.1, -0.05) is 0 Å². The van der Waals surface area contributed by atoms with E-state index in [0.717, 1.165) is 0 Å². The maximum atomic E-state index is 12.7. The lowest BCUT2D eigenvalue weighted by atomic mass is 9.94. The fourth-order valence-corrected chi connectivity index (χ4v) is 5.10. The normalized spacial score (nSPS) is 24.4. The zero-order chi connectivity index (χ0) is 17.0. The molecular weight excluding hydrogens is 320 g/mol. The third kappa shape index (κ3) is 4.37. The van der Waals surface area contributed by atoms with E-state index in [9.17, 15) is 18.0 Å². The van der Waals surface area contributed by atoms with Gasteiger partial charge >= 0.3 is 6.09 Å². The van der Waals surface area contributed by atoms with Crippen molar-refractivity contribution in [2.45, 2.75) is 39.2 Å². The lowest BCUT2D eigenvalue weighted by molar-refractivity contribution is -0.138. The third-order valence-corrected chi connectivity index (χ3v) is 6.39. The summed E-state index contributed by atoms with van der Waals surface area (Å²) >= 11 is 0. The number of carbonyl (C=O) groups is 2. The number of carbonyl (C=O) groups excluding carboxylic acids is 2. The zero-order valence-electron chi connectivity index (χ0n) is 13.9. The standard InChI is InChI=1S/C15H26N2O5S/c1-3-17(13-7-10-23(20,21)11-13)14(18)12-5-8-16(9-6-12)15(19)22-4-2/h12-13H,3-11H2,1-2H3. The zero-order valence-corrected chi connectivity index (χ0v) is 14.7. The van der Waals surface area contributed by atoms with Gasteiger partial charge in [0.05, 0.1) is 18.1 Å². The largest absolute Gasteiger partial charge is 0.450 e. The lowest BCUT2D eigenvalue weighted by Gasteiger charge is -2.35. The van der Waals surface area contributed by atoms with Crippen molar-refractivity contribution in [2.75, 3.05) is 37.7 Å². The van der Waals surface area contributed by atoms with E-state index in [1.54, 1.807) is 16.7 Å². The molecule has 0 bridgehead atoms. The van der Waals surface area contributed by atoms with Gasteiger partial charge < -0.3 is 14.5 Å². The summed E-state index contributed by atoms with van der Waals surface area (Å²) in [5.74, 6) is 0.138. The fourth-order valence-electron chi connectivity index (χ4n) is 3.37. The first kappa shape index (κ1) is 18.0. The Morgan fingerprint density at radius 1 is 1.17 bits per heavy atom. The van der Waals surface area contributed by atoms with Crippen molar-refractivity contribution >= 4 is 21.8 Å². The number of hydrogen-bond acceptors (Lipinski definition) is 5. The summed E-state index contributed by atoms with van der Waals surface area (Å²) < 4.78 is 28.3. The highest BCUT2D eigenvalue weighted by molar-refractivity contribution is 7.91. The molecule has 0 spiro atoms. The number of likely N-dealkylation sites (tertiary alicyclic amines) is 1. The van der Waals surface area contributed by atoms with Crippen molar-refractivity contribution in [1.29, 1.82) is 0 Å². The van der Waals surface area contributed by atoms with E-state index in [1.165, 1.54) is 0 Å². The number of nitrogens with zero attached hydrogens (tertiary/aromatic N) is 2. The molecule has 2 saturated heterocycles. The quantitative estimate of drug-likeness (QED) is 0.755. The van der Waals surface area contributed by atoms with Crippen LogP contribution in [0.1, 0.15) is 33.1 Å². The van der Waals surface area contributed by atoms with E-state index in [2.05, 4.69) is 0 Å². The molecule has 132 valence electrons. The molecule has 2 fully saturated rings. The van der Waals surface area contributed by atoms with Crippen LogP contribution in [-0.2, 0) is 19.4 Å². The van der Waals surface area contributed by atoms with Gasteiger partial charge in [-0.25, -0.2) is 13.2 Å². The highest BCUT2D eigenvalue weighted by atomic mass is 32.2. The average molecular weight is 346 g/mol. The number of amides is 2. The number of ether oxygens (including phenoxy) is 1. The summed E-state index contributed by atoms with van der Waals surface area (Å²) in [6, 6.07) is -0.194. The molecule has 0 aromatic heterocycles. The van der Waals surface area contributed by atoms with Crippen LogP contribution in [0.2, 0.25) is 0 Å². The van der Waals surface area contributed by atoms with E-state index in [0.29, 0.717) is 45.5 Å². The van der Waals surface area contributed by atoms with Gasteiger partial charge in [0.25, 0.3) is 0 Å². The first-order valence-electron chi connectivity index (χ1n) is 8.30. The SMILES string of the molecule is CCOC(=O)N1CCC(C(=O)N(CC)C2CCS(=O)(=O)C2)CC1. The molecule has 0 aliphatic carbocycles. The van der Waals surface area contributed by atoms with Gasteiger partial charge in [0, 0.05) is 31.6 Å². The van der Waals surface area contributed by atoms with Crippen molar-refractivity contribution in [2.24, 2.45) is 5.92 Å². The maximum absolute atomic E-state index is 12.7. The van der Waals surface area contributed by atoms with Crippen molar-refractivity contribution < 1.29 is 22.7 Å². The molecule has 2 heterocycles. The minimum absolute atomic E-state index is 0.0260. The summed E-state index contributed by atoms with van der Waals surface area (Å²) in [5, 5.41) is 0. The third-order valence-electron chi connectivity index (χ3n) is 4.64. The van der Waals surface area contributed by atoms with Gasteiger partial charge in [0.2, 0.25) is 5.91 Å². The number of piperidine rings is 1. The van der Waals surface area contributed by atoms with Gasteiger partial charge in [-0.05, 0) is 33.1 Å². The predicted molar refractivity (Wildman–Crippen MR) is 85.8 cm³/mol. The van der Waals surface area contributed by atoms with E-state index in [-0.39, 0.29) is 35.5 Å². The molecule has 1 unspecified atom stereocenters. The molecule has 0 saturated carbocycles. The van der Waals surface area contributed by atoms with Crippen LogP contribution in [0.4, 0.5) is 4.79 Å². The van der Waals surface area contributed by atoms with Gasteiger partial charge in [-0.3, -0.25) is 4.79 Å². The van der Waals surface area contributed by atoms with Crippen LogP contribution >= 0.6 is 0 Å². The highest BCUT2D eigenvalue weighted by Gasteiger charge is 2.37. The van der Waals surface area contributed by atoms with Gasteiger partial charge in [0.15, 0.2) is 9.84 Å². The minimum atomic E-state index is -3.00. The van der Waals surface area contributed by atoms with Crippen LogP contribution in [0, 0.1) is 5.92 Å². The van der Waals surface area contributed by atoms with Gasteiger partial charge in [0.1, 0.15) is 0 Å². The summed E-state index contributed by atoms with van der Waals surface area (Å²) in [6.07, 6.45) is 1.41. The smallest absolute Gasteiger partial charge is 0.409 e. The number of hydrogen-bond donors (Lipinski definition) is 0. The molecular formula is C15H26N2O5S. The Labute approximate surface area is 137 Å². The molecule has 0 aromatic carbocycles. The Bertz CT molecular complexity index is 540. The molecule has 0 aromatic rings. The monoisotopic (exact) mass is 346 g/mol. The van der Waals surface area contributed by atoms with E-state index < -0.39 is 9.84 Å². The average Bonchev–Trinajstić information content (AvgIpc) is 2.88. The van der Waals surface area contributed by atoms with Crippen molar-refractivity contribution in [1.82, 2.24) is 9.80 Å². The van der Waals surface area contributed by atoms with Crippen LogP contribution in [0.5, 0.6) is 0 Å². The molecule has 0 N–H and O–H groups in total. The second kappa shape index (κ2) is 7.51. The fraction of sp³-hybridized carbons (Fsp3) is 0.867. The summed E-state index contributed by atoms with van der Waals surface area (Å²) in [5.41, 5.74) is 0. The molecule has 2 rings (SSSR count). The molecule has 2 aliphatic heterocycles. The maximum Gasteiger partial charge on any atom is 0.409 e. The first-order valence-corrected chi connectivity index (χ1v) is 10.1. The summed E-state index contributed by atoms with van der Waals surface area (Å²) in [7, 11) is -3.00. The van der Waals surface area contributed by atoms with Crippen LogP contribution in [0.25, 0.3) is 0 Å². The lowest BCUT2D eigenvalue weighted by Crippen LogP contribution is -2.48. The first-order chi connectivity index (χ1) is 10.9. The second-order valence-electron chi connectivity index (χ2n) is 6.14. The van der Waals surface area contributed by atoms with E-state index in [1.807, 2.05) is 6.92 Å². The predicted octanol–water partition coefficient (Wildman–Crippen LogP) is 0.891. The number of rotatable bonds is 4. The van der Waals surface area contributed by atoms with Crippen molar-refractivity contribution in [3.63, 3.8) is 0 Å². The van der Waals surface area contributed by atoms with Gasteiger partial charge in [-0.15, -0.1) is 0 Å². The highest BCUT2D eigenvalue weighted by Crippen LogP contribution is 2.24. The molecule has 2 amide bonds. The Kier molecular flexibility index (Phi) is 5.89. The Hall–Kier alpha value is -1.31.